The van der Waals surface area contributed by atoms with Gasteiger partial charge in [0.2, 0.25) is 0 Å². The molecule has 1 aromatic heterocycles. The van der Waals surface area contributed by atoms with Crippen LogP contribution in [0.15, 0.2) is 34.7 Å². The van der Waals surface area contributed by atoms with Gasteiger partial charge in [-0.2, -0.15) is 0 Å². The van der Waals surface area contributed by atoms with Crippen molar-refractivity contribution >= 4 is 11.0 Å². The third kappa shape index (κ3) is 3.13. The van der Waals surface area contributed by atoms with E-state index in [-0.39, 0.29) is 6.04 Å². The number of ether oxygens (including phenoxy) is 2. The van der Waals surface area contributed by atoms with Gasteiger partial charge in [0.15, 0.2) is 6.29 Å². The molecule has 2 aromatic rings. The minimum Gasteiger partial charge on any atom is -0.459 e. The second-order valence-electron chi connectivity index (χ2n) is 4.11. The van der Waals surface area contributed by atoms with E-state index in [1.165, 1.54) is 0 Å². The molecule has 0 aliphatic heterocycles. The first-order valence-corrected chi connectivity index (χ1v) is 6.48. The van der Waals surface area contributed by atoms with Gasteiger partial charge in [-0.25, -0.2) is 5.43 Å². The Balaban J connectivity index is 2.28. The standard InChI is InChI=1S/C14H20N2O3/c1-3-17-14(18-4-2)13(16-15)12-9-10-7-5-6-8-11(10)19-12/h5-9,13-14,16H,3-4,15H2,1-2H3. The van der Waals surface area contributed by atoms with Gasteiger partial charge in [-0.05, 0) is 26.0 Å². The average Bonchev–Trinajstić information content (AvgIpc) is 2.83. The Kier molecular flexibility index (Phi) is 4.93. The fourth-order valence-electron chi connectivity index (χ4n) is 2.02. The molecule has 2 rings (SSSR count). The highest BCUT2D eigenvalue weighted by molar-refractivity contribution is 5.77. The maximum absolute atomic E-state index is 5.79. The van der Waals surface area contributed by atoms with Crippen LogP contribution in [0.25, 0.3) is 11.0 Å². The zero-order valence-corrected chi connectivity index (χ0v) is 11.3. The lowest BCUT2D eigenvalue weighted by atomic mass is 10.2. The molecule has 0 spiro atoms. The molecule has 5 heteroatoms. The van der Waals surface area contributed by atoms with Crippen LogP contribution in [0.4, 0.5) is 0 Å². The van der Waals surface area contributed by atoms with Gasteiger partial charge in [-0.3, -0.25) is 5.84 Å². The molecule has 1 unspecified atom stereocenters. The van der Waals surface area contributed by atoms with Crippen molar-refractivity contribution in [2.24, 2.45) is 5.84 Å². The summed E-state index contributed by atoms with van der Waals surface area (Å²) in [4.78, 5) is 0. The summed E-state index contributed by atoms with van der Waals surface area (Å²) in [7, 11) is 0. The number of fused-ring (bicyclic) bond motifs is 1. The highest BCUT2D eigenvalue weighted by atomic mass is 16.7. The number of nitrogens with two attached hydrogens (primary N) is 1. The molecule has 0 saturated carbocycles. The molecular formula is C14H20N2O3. The molecule has 3 N–H and O–H groups in total. The fourth-order valence-corrected chi connectivity index (χ4v) is 2.02. The monoisotopic (exact) mass is 264 g/mol. The van der Waals surface area contributed by atoms with Crippen LogP contribution < -0.4 is 11.3 Å². The number of hydrazine groups is 1. The molecule has 5 nitrogen and oxygen atoms in total. The number of rotatable bonds is 7. The molecule has 0 bridgehead atoms. The van der Waals surface area contributed by atoms with Crippen LogP contribution in [0.3, 0.4) is 0 Å². The summed E-state index contributed by atoms with van der Waals surface area (Å²) >= 11 is 0. The molecule has 0 fully saturated rings. The van der Waals surface area contributed by atoms with Crippen LogP contribution >= 0.6 is 0 Å². The molecule has 1 aromatic carbocycles. The van der Waals surface area contributed by atoms with Gasteiger partial charge in [0.25, 0.3) is 0 Å². The van der Waals surface area contributed by atoms with Gasteiger partial charge in [0.05, 0.1) is 0 Å². The van der Waals surface area contributed by atoms with E-state index in [4.69, 9.17) is 19.7 Å². The van der Waals surface area contributed by atoms with Crippen LogP contribution in [0.2, 0.25) is 0 Å². The molecule has 104 valence electrons. The molecule has 1 atom stereocenters. The van der Waals surface area contributed by atoms with Gasteiger partial charge < -0.3 is 13.9 Å². The number of hydrogen-bond donors (Lipinski definition) is 2. The molecule has 0 aliphatic rings. The molecule has 1 heterocycles. The number of furan rings is 1. The van der Waals surface area contributed by atoms with E-state index in [1.807, 2.05) is 44.2 Å². The second kappa shape index (κ2) is 6.68. The van der Waals surface area contributed by atoms with Crippen molar-refractivity contribution in [3.63, 3.8) is 0 Å². The van der Waals surface area contributed by atoms with Gasteiger partial charge in [0, 0.05) is 18.6 Å². The van der Waals surface area contributed by atoms with Crippen molar-refractivity contribution in [2.45, 2.75) is 26.2 Å². The minimum absolute atomic E-state index is 0.340. The first-order chi connectivity index (χ1) is 9.30. The Morgan fingerprint density at radius 3 is 2.47 bits per heavy atom. The van der Waals surface area contributed by atoms with E-state index in [9.17, 15) is 0 Å². The average molecular weight is 264 g/mol. The summed E-state index contributed by atoms with van der Waals surface area (Å²) < 4.78 is 16.9. The highest BCUT2D eigenvalue weighted by Crippen LogP contribution is 2.26. The minimum atomic E-state index is -0.472. The van der Waals surface area contributed by atoms with Crippen LogP contribution in [-0.4, -0.2) is 19.5 Å². The lowest BCUT2D eigenvalue weighted by Crippen LogP contribution is -2.39. The third-order valence-electron chi connectivity index (χ3n) is 2.86. The number of benzene rings is 1. The van der Waals surface area contributed by atoms with E-state index < -0.39 is 6.29 Å². The summed E-state index contributed by atoms with van der Waals surface area (Å²) in [6.07, 6.45) is -0.472. The van der Waals surface area contributed by atoms with E-state index in [2.05, 4.69) is 5.43 Å². The van der Waals surface area contributed by atoms with Crippen LogP contribution in [0.5, 0.6) is 0 Å². The van der Waals surface area contributed by atoms with Crippen LogP contribution in [0, 0.1) is 0 Å². The van der Waals surface area contributed by atoms with Gasteiger partial charge in [-0.15, -0.1) is 0 Å². The third-order valence-corrected chi connectivity index (χ3v) is 2.86. The van der Waals surface area contributed by atoms with Crippen molar-refractivity contribution < 1.29 is 13.9 Å². The number of para-hydroxylation sites is 1. The number of nitrogens with one attached hydrogen (secondary N) is 1. The maximum Gasteiger partial charge on any atom is 0.181 e. The summed E-state index contributed by atoms with van der Waals surface area (Å²) in [5.41, 5.74) is 3.53. The predicted molar refractivity (Wildman–Crippen MR) is 73.3 cm³/mol. The van der Waals surface area contributed by atoms with Gasteiger partial charge in [-0.1, -0.05) is 18.2 Å². The van der Waals surface area contributed by atoms with E-state index >= 15 is 0 Å². The Morgan fingerprint density at radius 2 is 1.89 bits per heavy atom. The van der Waals surface area contributed by atoms with Crippen molar-refractivity contribution in [1.82, 2.24) is 5.43 Å². The van der Waals surface area contributed by atoms with E-state index in [0.29, 0.717) is 19.0 Å². The van der Waals surface area contributed by atoms with Crippen molar-refractivity contribution in [3.05, 3.63) is 36.1 Å². The Labute approximate surface area is 112 Å². The highest BCUT2D eigenvalue weighted by Gasteiger charge is 2.26. The lowest BCUT2D eigenvalue weighted by molar-refractivity contribution is -0.157. The first-order valence-electron chi connectivity index (χ1n) is 6.48. The maximum atomic E-state index is 5.79. The SMILES string of the molecule is CCOC(OCC)C(NN)c1cc2ccccc2o1. The van der Waals surface area contributed by atoms with Crippen LogP contribution in [-0.2, 0) is 9.47 Å². The predicted octanol–water partition coefficient (Wildman–Crippen LogP) is 2.34. The largest absolute Gasteiger partial charge is 0.459 e. The molecule has 0 amide bonds. The smallest absolute Gasteiger partial charge is 0.181 e. The van der Waals surface area contributed by atoms with Gasteiger partial charge >= 0.3 is 0 Å². The zero-order valence-electron chi connectivity index (χ0n) is 11.3. The number of hydrogen-bond acceptors (Lipinski definition) is 5. The second-order valence-corrected chi connectivity index (χ2v) is 4.11. The van der Waals surface area contributed by atoms with Crippen molar-refractivity contribution in [3.8, 4) is 0 Å². The summed E-state index contributed by atoms with van der Waals surface area (Å²) in [6.45, 7) is 4.92. The normalized spacial score (nSPS) is 13.3. The Bertz CT molecular complexity index is 473. The van der Waals surface area contributed by atoms with Gasteiger partial charge in [0.1, 0.15) is 17.4 Å². The summed E-state index contributed by atoms with van der Waals surface area (Å²) in [5.74, 6) is 6.32. The Hall–Kier alpha value is -1.40. The lowest BCUT2D eigenvalue weighted by Gasteiger charge is -2.24. The molecule has 19 heavy (non-hydrogen) atoms. The van der Waals surface area contributed by atoms with Crippen LogP contribution in [0.1, 0.15) is 25.6 Å². The molecule has 0 radical (unpaired) electrons. The topological polar surface area (TPSA) is 69.7 Å². The Morgan fingerprint density at radius 1 is 1.21 bits per heavy atom. The van der Waals surface area contributed by atoms with E-state index in [0.717, 1.165) is 11.0 Å². The quantitative estimate of drug-likeness (QED) is 0.456. The molecule has 0 saturated heterocycles. The summed E-state index contributed by atoms with van der Waals surface area (Å²) in [6, 6.07) is 9.42. The van der Waals surface area contributed by atoms with E-state index in [1.54, 1.807) is 0 Å². The molecule has 0 aliphatic carbocycles. The van der Waals surface area contributed by atoms with Crippen molar-refractivity contribution in [2.75, 3.05) is 13.2 Å². The molecular weight excluding hydrogens is 244 g/mol. The van der Waals surface area contributed by atoms with Crippen molar-refractivity contribution in [1.29, 1.82) is 0 Å². The zero-order chi connectivity index (χ0) is 13.7. The summed E-state index contributed by atoms with van der Waals surface area (Å²) in [5, 5.41) is 1.03. The first kappa shape index (κ1) is 14.0. The fraction of sp³-hybridized carbons (Fsp3) is 0.429.